The van der Waals surface area contributed by atoms with Gasteiger partial charge in [0.2, 0.25) is 0 Å². The van der Waals surface area contributed by atoms with Crippen LogP contribution in [0, 0.1) is 0 Å². The Morgan fingerprint density at radius 3 is 2.73 bits per heavy atom. The lowest BCUT2D eigenvalue weighted by Gasteiger charge is -2.22. The van der Waals surface area contributed by atoms with E-state index in [4.69, 9.17) is 0 Å². The van der Waals surface area contributed by atoms with Gasteiger partial charge in [0.15, 0.2) is 0 Å². The monoisotopic (exact) mass is 346 g/mol. The topological polar surface area (TPSA) is 33.1 Å². The number of hydrogen-bond acceptors (Lipinski definition) is 3. The second kappa shape index (κ2) is 7.75. The molecule has 2 aromatic carbocycles. The lowest BCUT2D eigenvalue weighted by molar-refractivity contribution is 0.496. The van der Waals surface area contributed by atoms with E-state index in [0.717, 1.165) is 19.6 Å². The van der Waals surface area contributed by atoms with Crippen molar-refractivity contribution in [2.24, 2.45) is 0 Å². The van der Waals surface area contributed by atoms with Gasteiger partial charge in [-0.2, -0.15) is 5.10 Å². The third-order valence-corrected chi connectivity index (χ3v) is 5.14. The Morgan fingerprint density at radius 2 is 1.85 bits per heavy atom. The first kappa shape index (κ1) is 16.9. The van der Waals surface area contributed by atoms with Gasteiger partial charge in [-0.05, 0) is 30.0 Å². The van der Waals surface area contributed by atoms with Gasteiger partial charge in [0.25, 0.3) is 0 Å². The van der Waals surface area contributed by atoms with E-state index in [-0.39, 0.29) is 0 Å². The predicted molar refractivity (Wildman–Crippen MR) is 106 cm³/mol. The van der Waals surface area contributed by atoms with Crippen LogP contribution in [0.1, 0.15) is 35.6 Å². The number of fused-ring (bicyclic) bond motifs is 1. The van der Waals surface area contributed by atoms with Crippen LogP contribution in [-0.4, -0.2) is 23.4 Å². The largest absolute Gasteiger partial charge is 0.374 e. The van der Waals surface area contributed by atoms with Crippen molar-refractivity contribution in [1.29, 1.82) is 0 Å². The van der Waals surface area contributed by atoms with Crippen molar-refractivity contribution >= 4 is 5.69 Å². The Bertz CT molecular complexity index is 840. The average molecular weight is 346 g/mol. The molecule has 0 amide bonds. The first-order valence-electron chi connectivity index (χ1n) is 9.38. The number of aromatic nitrogens is 2. The van der Waals surface area contributed by atoms with Gasteiger partial charge in [-0.1, -0.05) is 48.5 Å². The van der Waals surface area contributed by atoms with Crippen LogP contribution in [0.5, 0.6) is 0 Å². The lowest BCUT2D eigenvalue weighted by atomic mass is 10.0. The van der Waals surface area contributed by atoms with Crippen LogP contribution < -0.4 is 10.2 Å². The second-order valence-corrected chi connectivity index (χ2v) is 7.09. The fraction of sp³-hybridized carbons (Fsp3) is 0.318. The van der Waals surface area contributed by atoms with E-state index >= 15 is 0 Å². The molecule has 3 aromatic rings. The van der Waals surface area contributed by atoms with Crippen molar-refractivity contribution in [3.8, 4) is 0 Å². The summed E-state index contributed by atoms with van der Waals surface area (Å²) in [6.07, 6.45) is 6.50. The van der Waals surface area contributed by atoms with Gasteiger partial charge < -0.3 is 10.2 Å². The minimum atomic E-state index is 0.397. The molecule has 1 aliphatic heterocycles. The molecule has 0 aliphatic carbocycles. The zero-order valence-electron chi connectivity index (χ0n) is 15.3. The van der Waals surface area contributed by atoms with Gasteiger partial charge in [0.05, 0.1) is 12.7 Å². The van der Waals surface area contributed by atoms with Gasteiger partial charge in [0.1, 0.15) is 0 Å². The maximum absolute atomic E-state index is 4.52. The Hall–Kier alpha value is -2.59. The summed E-state index contributed by atoms with van der Waals surface area (Å²) in [5, 5.41) is 8.27. The molecular weight excluding hydrogens is 320 g/mol. The van der Waals surface area contributed by atoms with Crippen molar-refractivity contribution in [1.82, 2.24) is 15.1 Å². The van der Waals surface area contributed by atoms with Crippen molar-refractivity contribution < 1.29 is 0 Å². The van der Waals surface area contributed by atoms with E-state index in [1.165, 1.54) is 35.2 Å². The van der Waals surface area contributed by atoms with Gasteiger partial charge in [-0.15, -0.1) is 0 Å². The number of benzene rings is 2. The molecule has 0 spiro atoms. The van der Waals surface area contributed by atoms with Gasteiger partial charge in [-0.25, -0.2) is 0 Å². The molecule has 134 valence electrons. The Morgan fingerprint density at radius 1 is 1.04 bits per heavy atom. The van der Waals surface area contributed by atoms with Crippen molar-refractivity contribution in [3.63, 3.8) is 0 Å². The number of anilines is 1. The molecule has 1 unspecified atom stereocenters. The molecule has 0 saturated heterocycles. The highest BCUT2D eigenvalue weighted by atomic mass is 15.3. The lowest BCUT2D eigenvalue weighted by Crippen LogP contribution is -2.21. The molecule has 0 saturated carbocycles. The summed E-state index contributed by atoms with van der Waals surface area (Å²) in [6.45, 7) is 2.78. The van der Waals surface area contributed by atoms with E-state index in [1.807, 2.05) is 16.9 Å². The van der Waals surface area contributed by atoms with Crippen LogP contribution in [0.4, 0.5) is 5.69 Å². The quantitative estimate of drug-likeness (QED) is 0.758. The highest BCUT2D eigenvalue weighted by Gasteiger charge is 2.20. The van der Waals surface area contributed by atoms with Gasteiger partial charge >= 0.3 is 0 Å². The molecule has 0 bridgehead atoms. The number of nitrogens with zero attached hydrogens (tertiary/aromatic N) is 3. The molecule has 1 atom stereocenters. The average Bonchev–Trinajstić information content (AvgIpc) is 3.05. The highest BCUT2D eigenvalue weighted by Crippen LogP contribution is 2.32. The Labute approximate surface area is 155 Å². The molecule has 4 nitrogen and oxygen atoms in total. The van der Waals surface area contributed by atoms with Crippen molar-refractivity contribution in [2.75, 3.05) is 18.5 Å². The minimum absolute atomic E-state index is 0.397. The smallest absolute Gasteiger partial charge is 0.0659 e. The van der Waals surface area contributed by atoms with Crippen LogP contribution >= 0.6 is 0 Å². The summed E-state index contributed by atoms with van der Waals surface area (Å²) in [4.78, 5) is 2.37. The van der Waals surface area contributed by atoms with Crippen LogP contribution in [-0.2, 0) is 13.1 Å². The number of hydrogen-bond donors (Lipinski definition) is 1. The Kier molecular flexibility index (Phi) is 5.02. The van der Waals surface area contributed by atoms with E-state index in [2.05, 4.69) is 77.1 Å². The van der Waals surface area contributed by atoms with Gasteiger partial charge in [0, 0.05) is 43.6 Å². The molecular formula is C22H26N4. The zero-order valence-corrected chi connectivity index (χ0v) is 15.3. The highest BCUT2D eigenvalue weighted by molar-refractivity contribution is 5.55. The van der Waals surface area contributed by atoms with Crippen molar-refractivity contribution in [2.45, 2.75) is 32.0 Å². The normalized spacial score (nSPS) is 17.0. The third kappa shape index (κ3) is 3.81. The fourth-order valence-electron chi connectivity index (χ4n) is 3.75. The summed E-state index contributed by atoms with van der Waals surface area (Å²) in [7, 11) is 2.19. The summed E-state index contributed by atoms with van der Waals surface area (Å²) in [5.41, 5.74) is 5.26. The van der Waals surface area contributed by atoms with E-state index < -0.39 is 0 Å². The molecule has 0 radical (unpaired) electrons. The summed E-state index contributed by atoms with van der Waals surface area (Å²) in [6, 6.07) is 19.6. The summed E-state index contributed by atoms with van der Waals surface area (Å²) < 4.78 is 2.02. The molecule has 1 aliphatic rings. The third-order valence-electron chi connectivity index (χ3n) is 5.14. The molecule has 2 heterocycles. The first-order chi connectivity index (χ1) is 12.8. The molecule has 1 aromatic heterocycles. The predicted octanol–water partition coefficient (Wildman–Crippen LogP) is 3.99. The van der Waals surface area contributed by atoms with Crippen LogP contribution in [0.2, 0.25) is 0 Å². The zero-order chi connectivity index (χ0) is 17.8. The van der Waals surface area contributed by atoms with Crippen molar-refractivity contribution in [3.05, 3.63) is 83.7 Å². The molecule has 4 heteroatoms. The van der Waals surface area contributed by atoms with E-state index in [9.17, 15) is 0 Å². The van der Waals surface area contributed by atoms with E-state index in [1.54, 1.807) is 0 Å². The summed E-state index contributed by atoms with van der Waals surface area (Å²) >= 11 is 0. The first-order valence-corrected chi connectivity index (χ1v) is 9.38. The molecule has 26 heavy (non-hydrogen) atoms. The van der Waals surface area contributed by atoms with E-state index in [0.29, 0.717) is 6.04 Å². The number of rotatable bonds is 5. The maximum atomic E-state index is 4.52. The van der Waals surface area contributed by atoms with Crippen LogP contribution in [0.3, 0.4) is 0 Å². The second-order valence-electron chi connectivity index (χ2n) is 7.09. The van der Waals surface area contributed by atoms with Crippen LogP contribution in [0.15, 0.2) is 67.0 Å². The summed E-state index contributed by atoms with van der Waals surface area (Å²) in [5.74, 6) is 0. The molecule has 4 rings (SSSR count). The minimum Gasteiger partial charge on any atom is -0.374 e. The molecule has 1 N–H and O–H groups in total. The standard InChI is InChI=1S/C22H26N4/c1-25-13-7-11-21(20-10-5-6-12-22(20)25)23-14-19-15-24-26(17-19)16-18-8-3-2-4-9-18/h2-6,8-10,12,15,17,21,23H,7,11,13-14,16H2,1H3. The fourth-order valence-corrected chi connectivity index (χ4v) is 3.75. The maximum Gasteiger partial charge on any atom is 0.0659 e. The molecule has 0 fully saturated rings. The number of nitrogens with one attached hydrogen (secondary N) is 1. The number of para-hydroxylation sites is 1. The van der Waals surface area contributed by atoms with Crippen LogP contribution in [0.25, 0.3) is 0 Å². The van der Waals surface area contributed by atoms with Gasteiger partial charge in [-0.3, -0.25) is 4.68 Å². The Balaban J connectivity index is 1.42. The SMILES string of the molecule is CN1CCCC(NCc2cnn(Cc3ccccc3)c2)c2ccccc21.